The van der Waals surface area contributed by atoms with Gasteiger partial charge in [-0.05, 0) is 116 Å². The molecule has 184 valence electrons. The number of thioether (sulfide) groups is 1. The van der Waals surface area contributed by atoms with Crippen molar-refractivity contribution in [1.29, 1.82) is 0 Å². The molecule has 35 heavy (non-hydrogen) atoms. The Morgan fingerprint density at radius 2 is 1.71 bits per heavy atom. The summed E-state index contributed by atoms with van der Waals surface area (Å²) in [5, 5.41) is 0. The van der Waals surface area contributed by atoms with Crippen LogP contribution >= 0.6 is 11.8 Å². The van der Waals surface area contributed by atoms with E-state index >= 15 is 0 Å². The average Bonchev–Trinajstić information content (AvgIpc) is 3.14. The molecular formula is C30H35FN2OS. The van der Waals surface area contributed by atoms with Gasteiger partial charge < -0.3 is 9.80 Å². The zero-order chi connectivity index (χ0) is 24.4. The molecule has 0 radical (unpaired) electrons. The molecule has 2 heterocycles. The number of rotatable bonds is 5. The van der Waals surface area contributed by atoms with Crippen LogP contribution in [0.3, 0.4) is 0 Å². The van der Waals surface area contributed by atoms with Crippen LogP contribution in [0.15, 0.2) is 52.9 Å². The molecule has 0 spiro atoms. The molecular weight excluding hydrogens is 455 g/mol. The number of hydrogen-bond acceptors (Lipinski definition) is 3. The molecule has 3 aliphatic rings. The maximum absolute atomic E-state index is 14.3. The van der Waals surface area contributed by atoms with Gasteiger partial charge in [0.2, 0.25) is 5.91 Å². The molecule has 0 N–H and O–H groups in total. The fourth-order valence-corrected chi connectivity index (χ4v) is 6.28. The molecule has 1 amide bonds. The normalized spacial score (nSPS) is 20.5. The number of likely N-dealkylation sites (tertiary alicyclic amines) is 2. The highest BCUT2D eigenvalue weighted by molar-refractivity contribution is 7.98. The molecule has 5 heteroatoms. The molecule has 2 aliphatic heterocycles. The first-order chi connectivity index (χ1) is 17.0. The fourth-order valence-electron chi connectivity index (χ4n) is 5.88. The van der Waals surface area contributed by atoms with Gasteiger partial charge in [0.1, 0.15) is 5.82 Å². The van der Waals surface area contributed by atoms with Crippen molar-refractivity contribution in [1.82, 2.24) is 9.80 Å². The predicted octanol–water partition coefficient (Wildman–Crippen LogP) is 6.74. The third-order valence-corrected chi connectivity index (χ3v) is 8.68. The minimum atomic E-state index is -0.255. The molecule has 2 fully saturated rings. The van der Waals surface area contributed by atoms with Crippen molar-refractivity contribution in [2.45, 2.75) is 56.4 Å². The second-order valence-electron chi connectivity index (χ2n) is 10.0. The highest BCUT2D eigenvalue weighted by atomic mass is 32.2. The smallest absolute Gasteiger partial charge is 0.227 e. The first-order valence-electron chi connectivity index (χ1n) is 12.9. The number of carbonyl (C=O) groups is 1. The molecule has 2 aromatic carbocycles. The van der Waals surface area contributed by atoms with Gasteiger partial charge in [0.25, 0.3) is 0 Å². The van der Waals surface area contributed by atoms with Gasteiger partial charge in [-0.1, -0.05) is 24.6 Å². The summed E-state index contributed by atoms with van der Waals surface area (Å²) >= 11 is 1.72. The molecule has 2 aromatic rings. The van der Waals surface area contributed by atoms with Gasteiger partial charge in [-0.25, -0.2) is 4.39 Å². The van der Waals surface area contributed by atoms with E-state index in [0.29, 0.717) is 12.5 Å². The summed E-state index contributed by atoms with van der Waals surface area (Å²) < 4.78 is 14.3. The lowest BCUT2D eigenvalue weighted by Gasteiger charge is -2.40. The maximum Gasteiger partial charge on any atom is 0.227 e. The van der Waals surface area contributed by atoms with Crippen LogP contribution in [0.2, 0.25) is 0 Å². The molecule has 3 nitrogen and oxygen atoms in total. The molecule has 1 aliphatic carbocycles. The van der Waals surface area contributed by atoms with E-state index in [1.807, 2.05) is 11.0 Å². The highest BCUT2D eigenvalue weighted by Gasteiger charge is 2.30. The Balaban J connectivity index is 1.34. The lowest BCUT2D eigenvalue weighted by Crippen LogP contribution is -2.48. The summed E-state index contributed by atoms with van der Waals surface area (Å²) in [7, 11) is 0. The average molecular weight is 491 g/mol. The standard InChI is InChI=1S/C30H35FN2OS/c1-21-27(18-22-6-9-25(35-2)10-7-22)26-11-8-23(31)19-29(26)28(21)20-30(34)33-16-12-24(13-17-33)32-14-4-3-5-15-32/h6-11,18-19,24H,3-5,12-17,20H2,1-2H3/b27-18-. The second kappa shape index (κ2) is 10.7. The zero-order valence-electron chi connectivity index (χ0n) is 20.9. The van der Waals surface area contributed by atoms with Crippen LogP contribution < -0.4 is 0 Å². The molecule has 0 saturated carbocycles. The Morgan fingerprint density at radius 3 is 2.40 bits per heavy atom. The minimum Gasteiger partial charge on any atom is -0.342 e. The topological polar surface area (TPSA) is 23.6 Å². The van der Waals surface area contributed by atoms with Gasteiger partial charge in [-0.3, -0.25) is 4.79 Å². The van der Waals surface area contributed by atoms with Gasteiger partial charge in [0.15, 0.2) is 0 Å². The minimum absolute atomic E-state index is 0.164. The maximum atomic E-state index is 14.3. The quantitative estimate of drug-likeness (QED) is 0.434. The second-order valence-corrected chi connectivity index (χ2v) is 10.9. The van der Waals surface area contributed by atoms with E-state index in [9.17, 15) is 9.18 Å². The van der Waals surface area contributed by atoms with Gasteiger partial charge >= 0.3 is 0 Å². The van der Waals surface area contributed by atoms with Crippen LogP contribution in [0.1, 0.15) is 62.1 Å². The van der Waals surface area contributed by atoms with Crippen LogP contribution in [-0.4, -0.2) is 54.2 Å². The Morgan fingerprint density at radius 1 is 1.00 bits per heavy atom. The Bertz CT molecular complexity index is 1140. The summed E-state index contributed by atoms with van der Waals surface area (Å²) in [6.45, 7) is 6.15. The summed E-state index contributed by atoms with van der Waals surface area (Å²) in [4.78, 5) is 19.3. The molecule has 5 rings (SSSR count). The van der Waals surface area contributed by atoms with Crippen molar-refractivity contribution < 1.29 is 9.18 Å². The SMILES string of the molecule is CSc1ccc(/C=C2/C(C)=C(CC(=O)N3CCC(N4CCCCC4)CC3)c3cc(F)ccc32)cc1. The van der Waals surface area contributed by atoms with Gasteiger partial charge in [0.05, 0.1) is 6.42 Å². The lowest BCUT2D eigenvalue weighted by atomic mass is 9.98. The summed E-state index contributed by atoms with van der Waals surface area (Å²) in [5.74, 6) is -0.0911. The first-order valence-corrected chi connectivity index (χ1v) is 14.1. The number of fused-ring (bicyclic) bond motifs is 1. The van der Waals surface area contributed by atoms with Crippen molar-refractivity contribution in [3.63, 3.8) is 0 Å². The van der Waals surface area contributed by atoms with Crippen molar-refractivity contribution in [2.24, 2.45) is 0 Å². The molecule has 0 atom stereocenters. The molecule has 0 aromatic heterocycles. The van der Waals surface area contributed by atoms with Crippen LogP contribution in [0, 0.1) is 5.82 Å². The number of nitrogens with zero attached hydrogens (tertiary/aromatic N) is 2. The van der Waals surface area contributed by atoms with E-state index in [-0.39, 0.29) is 11.7 Å². The third kappa shape index (κ3) is 5.26. The van der Waals surface area contributed by atoms with E-state index in [4.69, 9.17) is 0 Å². The van der Waals surface area contributed by atoms with Gasteiger partial charge in [-0.15, -0.1) is 11.8 Å². The van der Waals surface area contributed by atoms with Gasteiger partial charge in [0, 0.05) is 24.0 Å². The Hall–Kier alpha value is -2.37. The number of carbonyl (C=O) groups excluding carboxylic acids is 1. The summed E-state index contributed by atoms with van der Waals surface area (Å²) in [6, 6.07) is 14.1. The van der Waals surface area contributed by atoms with Crippen molar-refractivity contribution in [3.8, 4) is 0 Å². The fraction of sp³-hybridized carbons (Fsp3) is 0.433. The van der Waals surface area contributed by atoms with Crippen LogP contribution in [0.5, 0.6) is 0 Å². The summed E-state index contributed by atoms with van der Waals surface area (Å²) in [5.41, 5.74) is 6.13. The van der Waals surface area contributed by atoms with Crippen LogP contribution in [-0.2, 0) is 4.79 Å². The Labute approximate surface area is 213 Å². The predicted molar refractivity (Wildman–Crippen MR) is 145 cm³/mol. The molecule has 0 unspecified atom stereocenters. The summed E-state index contributed by atoms with van der Waals surface area (Å²) in [6.07, 6.45) is 10.7. The number of allylic oxidation sites excluding steroid dienone is 2. The Kier molecular flexibility index (Phi) is 7.45. The number of halogens is 1. The van der Waals surface area contributed by atoms with Crippen LogP contribution in [0.25, 0.3) is 17.2 Å². The van der Waals surface area contributed by atoms with Gasteiger partial charge in [-0.2, -0.15) is 0 Å². The first kappa shape index (κ1) is 24.3. The number of benzene rings is 2. The van der Waals surface area contributed by atoms with E-state index in [1.54, 1.807) is 17.8 Å². The largest absolute Gasteiger partial charge is 0.342 e. The van der Waals surface area contributed by atoms with Crippen molar-refractivity contribution >= 4 is 34.9 Å². The number of hydrogen-bond donors (Lipinski definition) is 0. The monoisotopic (exact) mass is 490 g/mol. The van der Waals surface area contributed by atoms with E-state index in [0.717, 1.165) is 59.3 Å². The van der Waals surface area contributed by atoms with E-state index in [2.05, 4.69) is 48.4 Å². The number of amides is 1. The molecule has 2 saturated heterocycles. The van der Waals surface area contributed by atoms with Crippen molar-refractivity contribution in [2.75, 3.05) is 32.4 Å². The van der Waals surface area contributed by atoms with Crippen LogP contribution in [0.4, 0.5) is 4.39 Å². The highest BCUT2D eigenvalue weighted by Crippen LogP contribution is 2.44. The van der Waals surface area contributed by atoms with E-state index < -0.39 is 0 Å². The van der Waals surface area contributed by atoms with E-state index in [1.165, 1.54) is 43.3 Å². The zero-order valence-corrected chi connectivity index (χ0v) is 21.7. The third-order valence-electron chi connectivity index (χ3n) is 7.93. The lowest BCUT2D eigenvalue weighted by molar-refractivity contribution is -0.131. The number of piperidine rings is 2. The molecule has 0 bridgehead atoms. The van der Waals surface area contributed by atoms with Crippen molar-refractivity contribution in [3.05, 3.63) is 70.5 Å².